The molecule has 3 heteroatoms. The van der Waals surface area contributed by atoms with Crippen LogP contribution >= 0.6 is 23.1 Å². The third-order valence-electron chi connectivity index (χ3n) is 2.36. The normalized spacial score (nSPS) is 12.0. The molecule has 1 heterocycles. The molecule has 0 saturated heterocycles. The first-order chi connectivity index (χ1) is 6.55. The summed E-state index contributed by atoms with van der Waals surface area (Å²) >= 11 is 3.75. The Kier molecular flexibility index (Phi) is 4.48. The van der Waals surface area contributed by atoms with E-state index >= 15 is 0 Å². The van der Waals surface area contributed by atoms with Crippen LogP contribution in [0.2, 0.25) is 0 Å². The first-order valence-electron chi connectivity index (χ1n) is 4.84. The van der Waals surface area contributed by atoms with E-state index in [4.69, 9.17) is 0 Å². The van der Waals surface area contributed by atoms with Crippen LogP contribution in [0.3, 0.4) is 0 Å². The van der Waals surface area contributed by atoms with Crippen molar-refractivity contribution in [1.82, 2.24) is 5.32 Å². The maximum Gasteiger partial charge on any atom is 0.0302 e. The maximum atomic E-state index is 3.51. The van der Waals surface area contributed by atoms with Crippen LogP contribution in [0.25, 0.3) is 0 Å². The summed E-state index contributed by atoms with van der Waals surface area (Å²) in [7, 11) is 0. The zero-order valence-electron chi connectivity index (χ0n) is 9.39. The van der Waals surface area contributed by atoms with Crippen LogP contribution in [0, 0.1) is 6.92 Å². The molecule has 0 spiro atoms. The highest BCUT2D eigenvalue weighted by atomic mass is 32.2. The van der Waals surface area contributed by atoms with Gasteiger partial charge in [0.1, 0.15) is 0 Å². The minimum atomic E-state index is 0.338. The summed E-state index contributed by atoms with van der Waals surface area (Å²) in [4.78, 5) is 1.46. The van der Waals surface area contributed by atoms with Crippen LogP contribution in [0.1, 0.15) is 24.3 Å². The van der Waals surface area contributed by atoms with Gasteiger partial charge in [-0.1, -0.05) is 0 Å². The Morgan fingerprint density at radius 1 is 1.50 bits per heavy atom. The molecule has 1 aromatic heterocycles. The second-order valence-electron chi connectivity index (χ2n) is 4.09. The number of aryl methyl sites for hydroxylation is 1. The third kappa shape index (κ3) is 3.64. The van der Waals surface area contributed by atoms with Gasteiger partial charge in [-0.3, -0.25) is 0 Å². The Morgan fingerprint density at radius 2 is 2.21 bits per heavy atom. The van der Waals surface area contributed by atoms with Gasteiger partial charge in [-0.25, -0.2) is 0 Å². The lowest BCUT2D eigenvalue weighted by Crippen LogP contribution is -2.31. The molecular formula is C11H19NS2. The molecule has 1 rings (SSSR count). The highest BCUT2D eigenvalue weighted by Gasteiger charge is 2.14. The molecule has 0 unspecified atom stereocenters. The topological polar surface area (TPSA) is 12.0 Å². The lowest BCUT2D eigenvalue weighted by atomic mass is 10.2. The van der Waals surface area contributed by atoms with E-state index in [0.717, 1.165) is 13.1 Å². The minimum absolute atomic E-state index is 0.338. The summed E-state index contributed by atoms with van der Waals surface area (Å²) < 4.78 is 0.338. The molecule has 0 aliphatic carbocycles. The van der Waals surface area contributed by atoms with Gasteiger partial charge in [-0.05, 0) is 44.0 Å². The van der Waals surface area contributed by atoms with Crippen LogP contribution in [0.4, 0.5) is 0 Å². The third-order valence-corrected chi connectivity index (χ3v) is 4.63. The fraction of sp³-hybridized carbons (Fsp3) is 0.636. The Bertz CT molecular complexity index is 279. The van der Waals surface area contributed by atoms with Crippen molar-refractivity contribution in [3.63, 3.8) is 0 Å². The van der Waals surface area contributed by atoms with Crippen LogP contribution in [0.15, 0.2) is 11.4 Å². The van der Waals surface area contributed by atoms with E-state index in [1.807, 2.05) is 23.1 Å². The quantitative estimate of drug-likeness (QED) is 0.831. The summed E-state index contributed by atoms with van der Waals surface area (Å²) in [5.74, 6) is 0. The highest BCUT2D eigenvalue weighted by molar-refractivity contribution is 7.99. The molecule has 0 radical (unpaired) electrons. The van der Waals surface area contributed by atoms with E-state index < -0.39 is 0 Å². The fourth-order valence-corrected chi connectivity index (χ4v) is 2.26. The van der Waals surface area contributed by atoms with Crippen molar-refractivity contribution >= 4 is 23.1 Å². The van der Waals surface area contributed by atoms with Gasteiger partial charge in [-0.15, -0.1) is 11.3 Å². The number of thiophene rings is 1. The van der Waals surface area contributed by atoms with Gasteiger partial charge in [-0.2, -0.15) is 11.8 Å². The zero-order chi connectivity index (χ0) is 10.6. The van der Waals surface area contributed by atoms with Gasteiger partial charge in [0.25, 0.3) is 0 Å². The summed E-state index contributed by atoms with van der Waals surface area (Å²) in [6.45, 7) is 8.78. The number of nitrogens with one attached hydrogen (secondary N) is 1. The average molecular weight is 229 g/mol. The molecule has 0 aliphatic rings. The van der Waals surface area contributed by atoms with E-state index in [0.29, 0.717) is 4.75 Å². The summed E-state index contributed by atoms with van der Waals surface area (Å²) in [6, 6.07) is 2.18. The number of thioether (sulfide) groups is 1. The predicted octanol–water partition coefficient (Wildman–Crippen LogP) is 3.29. The monoisotopic (exact) mass is 229 g/mol. The van der Waals surface area contributed by atoms with E-state index in [9.17, 15) is 0 Å². The van der Waals surface area contributed by atoms with Crippen LogP contribution in [0.5, 0.6) is 0 Å². The summed E-state index contributed by atoms with van der Waals surface area (Å²) in [5.41, 5.74) is 1.41. The molecule has 0 atom stereocenters. The average Bonchev–Trinajstić information content (AvgIpc) is 2.52. The van der Waals surface area contributed by atoms with Crippen LogP contribution in [-0.2, 0) is 6.54 Å². The van der Waals surface area contributed by atoms with Crippen LogP contribution in [-0.4, -0.2) is 17.5 Å². The van der Waals surface area contributed by atoms with E-state index in [-0.39, 0.29) is 0 Å². The van der Waals surface area contributed by atoms with Crippen molar-refractivity contribution in [2.24, 2.45) is 0 Å². The van der Waals surface area contributed by atoms with Crippen LogP contribution < -0.4 is 5.32 Å². The van der Waals surface area contributed by atoms with Crippen molar-refractivity contribution in [3.05, 3.63) is 21.9 Å². The largest absolute Gasteiger partial charge is 0.310 e. The van der Waals surface area contributed by atoms with E-state index in [2.05, 4.69) is 43.8 Å². The summed E-state index contributed by atoms with van der Waals surface area (Å²) in [6.07, 6.45) is 2.16. The number of hydrogen-bond donors (Lipinski definition) is 1. The smallest absolute Gasteiger partial charge is 0.0302 e. The Hall–Kier alpha value is 0.0100. The highest BCUT2D eigenvalue weighted by Crippen LogP contribution is 2.20. The van der Waals surface area contributed by atoms with Crippen molar-refractivity contribution in [2.45, 2.75) is 32.1 Å². The fourth-order valence-electron chi connectivity index (χ4n) is 1.13. The Morgan fingerprint density at radius 3 is 2.71 bits per heavy atom. The predicted molar refractivity (Wildman–Crippen MR) is 68.4 cm³/mol. The standard InChI is InChI=1S/C11H19NS2/c1-9-5-6-14-10(9)7-12-8-11(2,3)13-4/h5-6,12H,7-8H2,1-4H3. The lowest BCUT2D eigenvalue weighted by molar-refractivity contribution is 0.593. The van der Waals surface area contributed by atoms with Gasteiger partial charge in [0.05, 0.1) is 0 Å². The Labute approximate surface area is 95.3 Å². The van der Waals surface area contributed by atoms with Crippen molar-refractivity contribution in [3.8, 4) is 0 Å². The van der Waals surface area contributed by atoms with Gasteiger partial charge >= 0.3 is 0 Å². The molecule has 0 saturated carbocycles. The molecule has 0 aromatic carbocycles. The molecule has 1 aromatic rings. The van der Waals surface area contributed by atoms with Crippen molar-refractivity contribution in [1.29, 1.82) is 0 Å². The second-order valence-corrected chi connectivity index (χ2v) is 6.61. The molecule has 0 bridgehead atoms. The first kappa shape index (κ1) is 12.1. The number of rotatable bonds is 5. The first-order valence-corrected chi connectivity index (χ1v) is 6.94. The van der Waals surface area contributed by atoms with Gasteiger partial charge < -0.3 is 5.32 Å². The maximum absolute atomic E-state index is 3.51. The van der Waals surface area contributed by atoms with Crippen molar-refractivity contribution in [2.75, 3.05) is 12.8 Å². The summed E-state index contributed by atoms with van der Waals surface area (Å²) in [5, 5.41) is 5.67. The van der Waals surface area contributed by atoms with Gasteiger partial charge in [0.15, 0.2) is 0 Å². The van der Waals surface area contributed by atoms with E-state index in [1.54, 1.807) is 0 Å². The minimum Gasteiger partial charge on any atom is -0.310 e. The second kappa shape index (κ2) is 5.19. The molecule has 1 N–H and O–H groups in total. The molecule has 0 aliphatic heterocycles. The molecular weight excluding hydrogens is 210 g/mol. The van der Waals surface area contributed by atoms with Crippen molar-refractivity contribution < 1.29 is 0 Å². The van der Waals surface area contributed by atoms with Gasteiger partial charge in [0, 0.05) is 22.7 Å². The van der Waals surface area contributed by atoms with E-state index in [1.165, 1.54) is 10.4 Å². The lowest BCUT2D eigenvalue weighted by Gasteiger charge is -2.22. The molecule has 1 nitrogen and oxygen atoms in total. The molecule has 0 fully saturated rings. The SMILES string of the molecule is CSC(C)(C)CNCc1sccc1C. The zero-order valence-corrected chi connectivity index (χ0v) is 11.0. The molecule has 0 amide bonds. The molecule has 14 heavy (non-hydrogen) atoms. The molecule has 80 valence electrons. The van der Waals surface area contributed by atoms with Gasteiger partial charge in [0.2, 0.25) is 0 Å². The Balaban J connectivity index is 2.32. The number of hydrogen-bond acceptors (Lipinski definition) is 3.